The fourth-order valence-electron chi connectivity index (χ4n) is 5.98. The smallest absolute Gasteiger partial charge is 0.412 e. The standard InChI is InChI=1S/C34H42N4O4/c1-7-36-16-18-37(19-17-36)29-13-9-12-27-28(29)22-38(32(27)39)31(25-14-15-30(41-6)23(2)20-25)24-10-8-11-26(21-24)35-33(40)42-34(3,4)5/h8-15,20-21,31H,7,16-19,22H2,1-6H3,(H,35,40). The van der Waals surface area contributed by atoms with Crippen LogP contribution in [0.1, 0.15) is 66.3 Å². The first-order chi connectivity index (χ1) is 20.1. The van der Waals surface area contributed by atoms with Crippen molar-refractivity contribution in [3.63, 3.8) is 0 Å². The van der Waals surface area contributed by atoms with Crippen LogP contribution < -0.4 is 15.0 Å². The third-order valence-corrected chi connectivity index (χ3v) is 8.03. The molecule has 1 atom stereocenters. The molecule has 1 saturated heterocycles. The minimum Gasteiger partial charge on any atom is -0.496 e. The van der Waals surface area contributed by atoms with Gasteiger partial charge in [0.05, 0.1) is 13.2 Å². The highest BCUT2D eigenvalue weighted by Gasteiger charge is 2.37. The SMILES string of the molecule is CCN1CCN(c2cccc3c2CN(C(c2cccc(NC(=O)OC(C)(C)C)c2)c2ccc(OC)c(C)c2)C3=O)CC1. The van der Waals surface area contributed by atoms with E-state index in [2.05, 4.69) is 34.2 Å². The number of aryl methyl sites for hydroxylation is 1. The van der Waals surface area contributed by atoms with Crippen LogP contribution in [0.25, 0.3) is 0 Å². The predicted molar refractivity (Wildman–Crippen MR) is 167 cm³/mol. The molecular weight excluding hydrogens is 528 g/mol. The van der Waals surface area contributed by atoms with Gasteiger partial charge in [0.25, 0.3) is 5.91 Å². The summed E-state index contributed by atoms with van der Waals surface area (Å²) in [6.45, 7) is 15.2. The van der Waals surface area contributed by atoms with Crippen molar-refractivity contribution in [2.75, 3.05) is 50.1 Å². The lowest BCUT2D eigenvalue weighted by Crippen LogP contribution is -2.46. The molecule has 2 aliphatic heterocycles. The van der Waals surface area contributed by atoms with E-state index >= 15 is 0 Å². The van der Waals surface area contributed by atoms with Crippen LogP contribution in [0.4, 0.5) is 16.2 Å². The van der Waals surface area contributed by atoms with Crippen molar-refractivity contribution in [3.8, 4) is 5.75 Å². The lowest BCUT2D eigenvalue weighted by atomic mass is 9.95. The number of rotatable bonds is 7. The minimum atomic E-state index is -0.612. The summed E-state index contributed by atoms with van der Waals surface area (Å²) in [6.07, 6.45) is -0.519. The number of carbonyl (C=O) groups is 2. The van der Waals surface area contributed by atoms with Crippen LogP contribution >= 0.6 is 0 Å². The molecule has 2 heterocycles. The second kappa shape index (κ2) is 12.1. The molecule has 0 saturated carbocycles. The number of ether oxygens (including phenoxy) is 2. The highest BCUT2D eigenvalue weighted by Crippen LogP contribution is 2.41. The molecule has 222 valence electrons. The summed E-state index contributed by atoms with van der Waals surface area (Å²) in [6, 6.07) is 19.4. The van der Waals surface area contributed by atoms with Crippen LogP contribution in [0, 0.1) is 6.92 Å². The molecule has 0 aliphatic carbocycles. The molecule has 5 rings (SSSR count). The number of carbonyl (C=O) groups excluding carboxylic acids is 2. The van der Waals surface area contributed by atoms with Gasteiger partial charge in [0.15, 0.2) is 0 Å². The zero-order chi connectivity index (χ0) is 30.0. The normalized spacial score (nSPS) is 16.3. The summed E-state index contributed by atoms with van der Waals surface area (Å²) in [4.78, 5) is 33.5. The van der Waals surface area contributed by atoms with Crippen molar-refractivity contribution in [2.24, 2.45) is 0 Å². The Kier molecular flexibility index (Phi) is 8.45. The van der Waals surface area contributed by atoms with Crippen LogP contribution in [0.15, 0.2) is 60.7 Å². The first kappa shape index (κ1) is 29.5. The topological polar surface area (TPSA) is 74.3 Å². The van der Waals surface area contributed by atoms with E-state index in [1.54, 1.807) is 7.11 Å². The van der Waals surface area contributed by atoms with E-state index in [9.17, 15) is 9.59 Å². The summed E-state index contributed by atoms with van der Waals surface area (Å²) < 4.78 is 11.0. The fraction of sp³-hybridized carbons (Fsp3) is 0.412. The van der Waals surface area contributed by atoms with Gasteiger partial charge >= 0.3 is 6.09 Å². The van der Waals surface area contributed by atoms with E-state index < -0.39 is 11.7 Å². The van der Waals surface area contributed by atoms with E-state index in [4.69, 9.17) is 9.47 Å². The zero-order valence-electron chi connectivity index (χ0n) is 25.6. The molecular formula is C34H42N4O4. The number of anilines is 2. The molecule has 1 unspecified atom stereocenters. The Labute approximate surface area is 249 Å². The average molecular weight is 571 g/mol. The van der Waals surface area contributed by atoms with Gasteiger partial charge in [-0.1, -0.05) is 31.2 Å². The molecule has 0 spiro atoms. The van der Waals surface area contributed by atoms with Crippen molar-refractivity contribution >= 4 is 23.4 Å². The molecule has 2 amide bonds. The number of methoxy groups -OCH3 is 1. The molecule has 3 aromatic rings. The number of amides is 2. The Morgan fingerprint density at radius 2 is 1.69 bits per heavy atom. The van der Waals surface area contributed by atoms with Gasteiger partial charge < -0.3 is 24.2 Å². The monoisotopic (exact) mass is 570 g/mol. The summed E-state index contributed by atoms with van der Waals surface area (Å²) in [7, 11) is 1.66. The van der Waals surface area contributed by atoms with Gasteiger partial charge in [0.1, 0.15) is 11.4 Å². The number of piperazine rings is 1. The zero-order valence-corrected chi connectivity index (χ0v) is 25.6. The Hall–Kier alpha value is -4.04. The first-order valence-electron chi connectivity index (χ1n) is 14.7. The van der Waals surface area contributed by atoms with Gasteiger partial charge in [-0.05, 0) is 87.3 Å². The molecule has 0 bridgehead atoms. The maximum atomic E-state index is 14.1. The number of likely N-dealkylation sites (N-methyl/N-ethyl adjacent to an activating group) is 1. The van der Waals surface area contributed by atoms with Gasteiger partial charge in [-0.2, -0.15) is 0 Å². The number of hydrogen-bond donors (Lipinski definition) is 1. The molecule has 0 radical (unpaired) electrons. The molecule has 1 N–H and O–H groups in total. The molecule has 42 heavy (non-hydrogen) atoms. The van der Waals surface area contributed by atoms with Gasteiger partial charge in [-0.3, -0.25) is 10.1 Å². The third-order valence-electron chi connectivity index (χ3n) is 8.03. The van der Waals surface area contributed by atoms with Gasteiger partial charge in [-0.15, -0.1) is 0 Å². The predicted octanol–water partition coefficient (Wildman–Crippen LogP) is 6.24. The molecule has 2 aliphatic rings. The Balaban J connectivity index is 1.51. The maximum Gasteiger partial charge on any atom is 0.412 e. The summed E-state index contributed by atoms with van der Waals surface area (Å²) in [5.74, 6) is 0.797. The first-order valence-corrected chi connectivity index (χ1v) is 14.7. The summed E-state index contributed by atoms with van der Waals surface area (Å²) in [5, 5.41) is 2.86. The third kappa shape index (κ3) is 6.23. The Morgan fingerprint density at radius 1 is 0.976 bits per heavy atom. The lowest BCUT2D eigenvalue weighted by molar-refractivity contribution is 0.0634. The highest BCUT2D eigenvalue weighted by atomic mass is 16.6. The van der Waals surface area contributed by atoms with E-state index in [1.165, 1.54) is 0 Å². The lowest BCUT2D eigenvalue weighted by Gasteiger charge is -2.36. The Morgan fingerprint density at radius 3 is 2.36 bits per heavy atom. The van der Waals surface area contributed by atoms with Crippen molar-refractivity contribution in [3.05, 3.63) is 88.5 Å². The number of fused-ring (bicyclic) bond motifs is 1. The number of nitrogens with zero attached hydrogens (tertiary/aromatic N) is 3. The quantitative estimate of drug-likeness (QED) is 0.363. The van der Waals surface area contributed by atoms with E-state index in [1.807, 2.05) is 81.1 Å². The number of hydrogen-bond acceptors (Lipinski definition) is 6. The van der Waals surface area contributed by atoms with Crippen molar-refractivity contribution in [1.82, 2.24) is 9.80 Å². The Bertz CT molecular complexity index is 1460. The summed E-state index contributed by atoms with van der Waals surface area (Å²) >= 11 is 0. The molecule has 1 fully saturated rings. The molecule has 3 aromatic carbocycles. The van der Waals surface area contributed by atoms with Gasteiger partial charge in [0, 0.05) is 55.2 Å². The van der Waals surface area contributed by atoms with Crippen LogP contribution in [0.2, 0.25) is 0 Å². The number of benzene rings is 3. The highest BCUT2D eigenvalue weighted by molar-refractivity contribution is 6.00. The fourth-order valence-corrected chi connectivity index (χ4v) is 5.98. The van der Waals surface area contributed by atoms with E-state index in [0.29, 0.717) is 12.2 Å². The van der Waals surface area contributed by atoms with Gasteiger partial charge in [0.2, 0.25) is 0 Å². The van der Waals surface area contributed by atoms with Crippen LogP contribution in [0.5, 0.6) is 5.75 Å². The molecule has 8 heteroatoms. The minimum absolute atomic E-state index is 0.00280. The van der Waals surface area contributed by atoms with Crippen LogP contribution in [-0.2, 0) is 11.3 Å². The van der Waals surface area contributed by atoms with E-state index in [0.717, 1.165) is 72.0 Å². The van der Waals surface area contributed by atoms with Crippen molar-refractivity contribution < 1.29 is 19.1 Å². The summed E-state index contributed by atoms with van der Waals surface area (Å²) in [5.41, 5.74) is 5.82. The van der Waals surface area contributed by atoms with Crippen LogP contribution in [0.3, 0.4) is 0 Å². The maximum absolute atomic E-state index is 14.1. The van der Waals surface area contributed by atoms with Crippen molar-refractivity contribution in [1.29, 1.82) is 0 Å². The second-order valence-corrected chi connectivity index (χ2v) is 12.0. The average Bonchev–Trinajstić information content (AvgIpc) is 3.28. The van der Waals surface area contributed by atoms with Gasteiger partial charge in [-0.25, -0.2) is 4.79 Å². The largest absolute Gasteiger partial charge is 0.496 e. The van der Waals surface area contributed by atoms with Crippen LogP contribution in [-0.4, -0.2) is 67.2 Å². The second-order valence-electron chi connectivity index (χ2n) is 12.0. The number of nitrogens with one attached hydrogen (secondary N) is 1. The molecule has 0 aromatic heterocycles. The van der Waals surface area contributed by atoms with Crippen molar-refractivity contribution in [2.45, 2.75) is 52.8 Å². The van der Waals surface area contributed by atoms with E-state index in [-0.39, 0.29) is 11.9 Å². The molecule has 8 nitrogen and oxygen atoms in total.